The molecule has 3 nitrogen and oxygen atoms in total. The van der Waals surface area contributed by atoms with Crippen LogP contribution in [-0.4, -0.2) is 48.8 Å². The Morgan fingerprint density at radius 2 is 2.05 bits per heavy atom. The summed E-state index contributed by atoms with van der Waals surface area (Å²) in [4.78, 5) is 2.51. The maximum atomic E-state index is 10.1. The molecule has 2 fully saturated rings. The Morgan fingerprint density at radius 1 is 1.25 bits per heavy atom. The summed E-state index contributed by atoms with van der Waals surface area (Å²) in [6.45, 7) is 7.71. The number of aliphatic hydroxyl groups is 1. The third-order valence-corrected chi connectivity index (χ3v) is 5.65. The fourth-order valence-corrected chi connectivity index (χ4v) is 4.23. The number of β-amino-alcohol motifs (C(OH)–C–C–N with tert-alkyl or cyclic N) is 1. The summed E-state index contributed by atoms with van der Waals surface area (Å²) in [5.41, 5.74) is 0. The Morgan fingerprint density at radius 3 is 2.70 bits per heavy atom. The molecule has 0 radical (unpaired) electrons. The lowest BCUT2D eigenvalue weighted by atomic mass is 9.76. The van der Waals surface area contributed by atoms with Crippen LogP contribution >= 0.6 is 0 Å². The molecule has 1 aliphatic carbocycles. The van der Waals surface area contributed by atoms with E-state index in [0.717, 1.165) is 24.8 Å². The molecule has 3 heteroatoms. The predicted molar refractivity (Wildman–Crippen MR) is 84.8 cm³/mol. The number of rotatable bonds is 5. The number of nitrogens with one attached hydrogen (secondary N) is 1. The molecule has 1 aliphatic heterocycles. The SMILES string of the molecule is CCCC1CCC(NC)C(CN2CCC(C)C(O)C2)C1. The molecule has 0 spiro atoms. The number of piperidine rings is 1. The van der Waals surface area contributed by atoms with Crippen molar-refractivity contribution in [2.24, 2.45) is 17.8 Å². The summed E-state index contributed by atoms with van der Waals surface area (Å²) in [5, 5.41) is 13.6. The van der Waals surface area contributed by atoms with Gasteiger partial charge < -0.3 is 15.3 Å². The van der Waals surface area contributed by atoms with Gasteiger partial charge in [-0.3, -0.25) is 0 Å². The summed E-state index contributed by atoms with van der Waals surface area (Å²) in [5.74, 6) is 2.18. The summed E-state index contributed by atoms with van der Waals surface area (Å²) < 4.78 is 0. The highest BCUT2D eigenvalue weighted by Gasteiger charge is 2.32. The molecule has 1 heterocycles. The highest BCUT2D eigenvalue weighted by atomic mass is 16.3. The van der Waals surface area contributed by atoms with E-state index in [0.29, 0.717) is 12.0 Å². The maximum absolute atomic E-state index is 10.1. The van der Waals surface area contributed by atoms with Gasteiger partial charge in [0.2, 0.25) is 0 Å². The van der Waals surface area contributed by atoms with E-state index in [4.69, 9.17) is 0 Å². The molecule has 2 aliphatic rings. The lowest BCUT2D eigenvalue weighted by Crippen LogP contribution is -2.49. The van der Waals surface area contributed by atoms with E-state index in [-0.39, 0.29) is 6.10 Å². The average Bonchev–Trinajstić information content (AvgIpc) is 2.44. The van der Waals surface area contributed by atoms with Gasteiger partial charge in [0, 0.05) is 19.1 Å². The average molecular weight is 282 g/mol. The minimum atomic E-state index is -0.119. The fourth-order valence-electron chi connectivity index (χ4n) is 4.23. The van der Waals surface area contributed by atoms with Crippen LogP contribution in [0.5, 0.6) is 0 Å². The normalized spacial score (nSPS) is 39.9. The second-order valence-electron chi connectivity index (χ2n) is 7.22. The first kappa shape index (κ1) is 16.3. The van der Waals surface area contributed by atoms with Gasteiger partial charge in [-0.1, -0.05) is 26.7 Å². The number of aliphatic hydroxyl groups excluding tert-OH is 1. The molecule has 2 N–H and O–H groups in total. The van der Waals surface area contributed by atoms with Gasteiger partial charge in [-0.05, 0) is 57.0 Å². The van der Waals surface area contributed by atoms with Crippen molar-refractivity contribution >= 4 is 0 Å². The zero-order valence-electron chi connectivity index (χ0n) is 13.6. The van der Waals surface area contributed by atoms with Crippen molar-refractivity contribution in [1.82, 2.24) is 10.2 Å². The quantitative estimate of drug-likeness (QED) is 0.813. The molecule has 2 rings (SSSR count). The molecule has 0 aromatic heterocycles. The lowest BCUT2D eigenvalue weighted by Gasteiger charge is -2.41. The summed E-state index contributed by atoms with van der Waals surface area (Å²) >= 11 is 0. The Balaban J connectivity index is 1.87. The van der Waals surface area contributed by atoms with Crippen molar-refractivity contribution < 1.29 is 5.11 Å². The van der Waals surface area contributed by atoms with Crippen molar-refractivity contribution in [3.63, 3.8) is 0 Å². The second kappa shape index (κ2) is 7.77. The van der Waals surface area contributed by atoms with Gasteiger partial charge in [-0.15, -0.1) is 0 Å². The van der Waals surface area contributed by atoms with Crippen LogP contribution in [-0.2, 0) is 0 Å². The molecule has 5 atom stereocenters. The predicted octanol–water partition coefficient (Wildman–Crippen LogP) is 2.49. The lowest BCUT2D eigenvalue weighted by molar-refractivity contribution is 0.0148. The molecular weight excluding hydrogens is 248 g/mol. The topological polar surface area (TPSA) is 35.5 Å². The van der Waals surface area contributed by atoms with Crippen molar-refractivity contribution in [2.75, 3.05) is 26.7 Å². The van der Waals surface area contributed by atoms with E-state index in [1.807, 2.05) is 0 Å². The number of nitrogens with zero attached hydrogens (tertiary/aromatic N) is 1. The van der Waals surface area contributed by atoms with Crippen molar-refractivity contribution in [1.29, 1.82) is 0 Å². The van der Waals surface area contributed by atoms with E-state index >= 15 is 0 Å². The smallest absolute Gasteiger partial charge is 0.0693 e. The van der Waals surface area contributed by atoms with Crippen molar-refractivity contribution in [3.05, 3.63) is 0 Å². The van der Waals surface area contributed by atoms with Gasteiger partial charge in [0.15, 0.2) is 0 Å². The van der Waals surface area contributed by atoms with Crippen LogP contribution in [0, 0.1) is 17.8 Å². The third-order valence-electron chi connectivity index (χ3n) is 5.65. The van der Waals surface area contributed by atoms with Crippen LogP contribution in [0.3, 0.4) is 0 Å². The number of hydrogen-bond acceptors (Lipinski definition) is 3. The van der Waals surface area contributed by atoms with Crippen LogP contribution in [0.25, 0.3) is 0 Å². The number of likely N-dealkylation sites (tertiary alicyclic amines) is 1. The Kier molecular flexibility index (Phi) is 6.31. The van der Waals surface area contributed by atoms with Gasteiger partial charge >= 0.3 is 0 Å². The summed E-state index contributed by atoms with van der Waals surface area (Å²) in [6.07, 6.45) is 7.85. The highest BCUT2D eigenvalue weighted by molar-refractivity contribution is 4.87. The Hall–Kier alpha value is -0.120. The molecular formula is C17H34N2O. The summed E-state index contributed by atoms with van der Waals surface area (Å²) in [6, 6.07) is 0.680. The Labute approximate surface area is 125 Å². The number of hydrogen-bond donors (Lipinski definition) is 2. The molecule has 0 aromatic rings. The van der Waals surface area contributed by atoms with Crippen LogP contribution in [0.15, 0.2) is 0 Å². The molecule has 20 heavy (non-hydrogen) atoms. The molecule has 0 aromatic carbocycles. The first-order valence-corrected chi connectivity index (χ1v) is 8.71. The minimum Gasteiger partial charge on any atom is -0.392 e. The monoisotopic (exact) mass is 282 g/mol. The van der Waals surface area contributed by atoms with Crippen LogP contribution in [0.2, 0.25) is 0 Å². The van der Waals surface area contributed by atoms with Gasteiger partial charge in [0.1, 0.15) is 0 Å². The summed E-state index contributed by atoms with van der Waals surface area (Å²) in [7, 11) is 2.12. The molecule has 0 bridgehead atoms. The fraction of sp³-hybridized carbons (Fsp3) is 1.00. The Bertz CT molecular complexity index is 284. The van der Waals surface area contributed by atoms with Gasteiger partial charge in [0.25, 0.3) is 0 Å². The van der Waals surface area contributed by atoms with Crippen LogP contribution in [0.1, 0.15) is 52.4 Å². The van der Waals surface area contributed by atoms with Gasteiger partial charge in [0.05, 0.1) is 6.10 Å². The molecule has 5 unspecified atom stereocenters. The van der Waals surface area contributed by atoms with E-state index in [9.17, 15) is 5.11 Å². The maximum Gasteiger partial charge on any atom is 0.0693 e. The molecule has 118 valence electrons. The first-order chi connectivity index (χ1) is 9.63. The van der Waals surface area contributed by atoms with Crippen molar-refractivity contribution in [2.45, 2.75) is 64.5 Å². The third kappa shape index (κ3) is 4.19. The largest absolute Gasteiger partial charge is 0.392 e. The van der Waals surface area contributed by atoms with Crippen LogP contribution < -0.4 is 5.32 Å². The van der Waals surface area contributed by atoms with E-state index in [1.54, 1.807) is 0 Å². The van der Waals surface area contributed by atoms with Crippen molar-refractivity contribution in [3.8, 4) is 0 Å². The van der Waals surface area contributed by atoms with Crippen LogP contribution in [0.4, 0.5) is 0 Å². The molecule has 0 amide bonds. The molecule has 1 saturated heterocycles. The zero-order valence-corrected chi connectivity index (χ0v) is 13.6. The van der Waals surface area contributed by atoms with E-state index < -0.39 is 0 Å². The molecule has 1 saturated carbocycles. The van der Waals surface area contributed by atoms with E-state index in [1.165, 1.54) is 45.2 Å². The minimum absolute atomic E-state index is 0.119. The van der Waals surface area contributed by atoms with Gasteiger partial charge in [-0.2, -0.15) is 0 Å². The highest BCUT2D eigenvalue weighted by Crippen LogP contribution is 2.33. The van der Waals surface area contributed by atoms with E-state index in [2.05, 4.69) is 31.1 Å². The standard InChI is InChI=1S/C17H34N2O/c1-4-5-14-6-7-16(18-3)15(10-14)11-19-9-8-13(2)17(20)12-19/h13-18,20H,4-12H2,1-3H3. The first-order valence-electron chi connectivity index (χ1n) is 8.71. The second-order valence-corrected chi connectivity index (χ2v) is 7.22. The van der Waals surface area contributed by atoms with Gasteiger partial charge in [-0.25, -0.2) is 0 Å². The zero-order chi connectivity index (χ0) is 14.5.